The van der Waals surface area contributed by atoms with Crippen LogP contribution in [0.1, 0.15) is 20.3 Å². The molecule has 0 unspecified atom stereocenters. The third kappa shape index (κ3) is 1.44. The zero-order chi connectivity index (χ0) is 6.85. The molecule has 0 aromatic carbocycles. The summed E-state index contributed by atoms with van der Waals surface area (Å²) in [7, 11) is 0. The van der Waals surface area contributed by atoms with Crippen molar-refractivity contribution in [2.45, 2.75) is 20.3 Å². The van der Waals surface area contributed by atoms with E-state index in [0.717, 1.165) is 11.8 Å². The highest BCUT2D eigenvalue weighted by Crippen LogP contribution is 2.25. The first kappa shape index (κ1) is 6.60. The van der Waals surface area contributed by atoms with Crippen LogP contribution in [0.15, 0.2) is 24.3 Å². The molecule has 0 nitrogen and oxygen atoms in total. The number of rotatable bonds is 0. The Kier molecular flexibility index (Phi) is 1.75. The Bertz CT molecular complexity index is 142. The Morgan fingerprint density at radius 1 is 1.56 bits per heavy atom. The van der Waals surface area contributed by atoms with Gasteiger partial charge >= 0.3 is 0 Å². The van der Waals surface area contributed by atoms with Gasteiger partial charge in [-0.2, -0.15) is 0 Å². The standard InChI is InChI=1S/C9H14/c1-7-4-5-8(2)9(3)6-7/h4-5,8-9H,1,6H2,2-3H3/t8-,9+/m1/s1. The highest BCUT2D eigenvalue weighted by Gasteiger charge is 2.13. The van der Waals surface area contributed by atoms with E-state index in [1.54, 1.807) is 0 Å². The molecular formula is C9H14. The van der Waals surface area contributed by atoms with E-state index in [1.165, 1.54) is 12.0 Å². The molecule has 0 aromatic rings. The molecule has 2 atom stereocenters. The van der Waals surface area contributed by atoms with Gasteiger partial charge in [0.15, 0.2) is 0 Å². The van der Waals surface area contributed by atoms with E-state index in [2.05, 4.69) is 32.6 Å². The fraction of sp³-hybridized carbons (Fsp3) is 0.556. The van der Waals surface area contributed by atoms with E-state index >= 15 is 0 Å². The summed E-state index contributed by atoms with van der Waals surface area (Å²) in [6.07, 6.45) is 5.57. The minimum Gasteiger partial charge on any atom is -0.0958 e. The maximum absolute atomic E-state index is 3.91. The normalized spacial score (nSPS) is 35.1. The topological polar surface area (TPSA) is 0 Å². The van der Waals surface area contributed by atoms with Crippen molar-refractivity contribution in [1.82, 2.24) is 0 Å². The van der Waals surface area contributed by atoms with Gasteiger partial charge in [0.05, 0.1) is 0 Å². The molecule has 9 heavy (non-hydrogen) atoms. The molecule has 1 aliphatic carbocycles. The molecule has 0 aliphatic heterocycles. The SMILES string of the molecule is C=C1C=C[C@@H](C)[C@@H](C)C1. The Morgan fingerprint density at radius 3 is 2.67 bits per heavy atom. The van der Waals surface area contributed by atoms with Crippen molar-refractivity contribution >= 4 is 0 Å². The van der Waals surface area contributed by atoms with Crippen molar-refractivity contribution in [2.75, 3.05) is 0 Å². The minimum absolute atomic E-state index is 0.746. The Labute approximate surface area is 57.3 Å². The van der Waals surface area contributed by atoms with Gasteiger partial charge in [-0.05, 0) is 18.3 Å². The van der Waals surface area contributed by atoms with Crippen LogP contribution in [0.2, 0.25) is 0 Å². The van der Waals surface area contributed by atoms with E-state index in [-0.39, 0.29) is 0 Å². The van der Waals surface area contributed by atoms with E-state index in [1.807, 2.05) is 0 Å². The van der Waals surface area contributed by atoms with Crippen LogP contribution in [0.4, 0.5) is 0 Å². The lowest BCUT2D eigenvalue weighted by Crippen LogP contribution is -2.09. The summed E-state index contributed by atoms with van der Waals surface area (Å²) in [6.45, 7) is 8.45. The van der Waals surface area contributed by atoms with Gasteiger partial charge < -0.3 is 0 Å². The summed E-state index contributed by atoms with van der Waals surface area (Å²) < 4.78 is 0. The lowest BCUT2D eigenvalue weighted by atomic mass is 9.85. The molecule has 1 aliphatic rings. The van der Waals surface area contributed by atoms with E-state index in [0.29, 0.717) is 0 Å². The molecular weight excluding hydrogens is 108 g/mol. The van der Waals surface area contributed by atoms with Crippen LogP contribution in [0.3, 0.4) is 0 Å². The maximum Gasteiger partial charge on any atom is -0.0230 e. The van der Waals surface area contributed by atoms with Gasteiger partial charge in [-0.15, -0.1) is 0 Å². The highest BCUT2D eigenvalue weighted by atomic mass is 14.2. The van der Waals surface area contributed by atoms with Crippen molar-refractivity contribution in [3.8, 4) is 0 Å². The van der Waals surface area contributed by atoms with E-state index in [9.17, 15) is 0 Å². The van der Waals surface area contributed by atoms with Crippen molar-refractivity contribution in [2.24, 2.45) is 11.8 Å². The fourth-order valence-corrected chi connectivity index (χ4v) is 1.15. The number of hydrogen-bond donors (Lipinski definition) is 0. The van der Waals surface area contributed by atoms with Crippen LogP contribution >= 0.6 is 0 Å². The predicted molar refractivity (Wildman–Crippen MR) is 41.2 cm³/mol. The van der Waals surface area contributed by atoms with Crippen LogP contribution in [-0.4, -0.2) is 0 Å². The molecule has 0 bridgehead atoms. The molecule has 0 spiro atoms. The molecule has 0 radical (unpaired) electrons. The summed E-state index contributed by atoms with van der Waals surface area (Å²) in [5, 5.41) is 0. The van der Waals surface area contributed by atoms with Gasteiger partial charge in [0, 0.05) is 0 Å². The summed E-state index contributed by atoms with van der Waals surface area (Å²) >= 11 is 0. The predicted octanol–water partition coefficient (Wildman–Crippen LogP) is 2.77. The van der Waals surface area contributed by atoms with E-state index in [4.69, 9.17) is 0 Å². The van der Waals surface area contributed by atoms with Crippen molar-refractivity contribution in [3.05, 3.63) is 24.3 Å². The van der Waals surface area contributed by atoms with Crippen LogP contribution in [0, 0.1) is 11.8 Å². The minimum atomic E-state index is 0.746. The third-order valence-electron chi connectivity index (χ3n) is 2.12. The molecule has 0 saturated carbocycles. The van der Waals surface area contributed by atoms with E-state index < -0.39 is 0 Å². The Hall–Kier alpha value is -0.520. The van der Waals surface area contributed by atoms with Crippen LogP contribution in [0.25, 0.3) is 0 Å². The molecule has 0 N–H and O–H groups in total. The lowest BCUT2D eigenvalue weighted by molar-refractivity contribution is 0.448. The number of hydrogen-bond acceptors (Lipinski definition) is 0. The average molecular weight is 122 g/mol. The monoisotopic (exact) mass is 122 g/mol. The molecule has 0 heterocycles. The summed E-state index contributed by atoms with van der Waals surface area (Å²) in [5.74, 6) is 1.54. The van der Waals surface area contributed by atoms with Crippen molar-refractivity contribution < 1.29 is 0 Å². The first-order valence-corrected chi connectivity index (χ1v) is 3.56. The maximum atomic E-state index is 3.91. The summed E-state index contributed by atoms with van der Waals surface area (Å²) in [4.78, 5) is 0. The number of allylic oxidation sites excluding steroid dienone is 3. The lowest BCUT2D eigenvalue weighted by Gasteiger charge is -2.20. The van der Waals surface area contributed by atoms with Gasteiger partial charge in [-0.25, -0.2) is 0 Å². The van der Waals surface area contributed by atoms with Crippen LogP contribution < -0.4 is 0 Å². The summed E-state index contributed by atoms with van der Waals surface area (Å²) in [5.41, 5.74) is 1.28. The molecule has 50 valence electrons. The van der Waals surface area contributed by atoms with Crippen molar-refractivity contribution in [3.63, 3.8) is 0 Å². The van der Waals surface area contributed by atoms with Gasteiger partial charge in [0.2, 0.25) is 0 Å². The van der Waals surface area contributed by atoms with Gasteiger partial charge in [-0.3, -0.25) is 0 Å². The second-order valence-corrected chi connectivity index (χ2v) is 3.06. The van der Waals surface area contributed by atoms with Gasteiger partial charge in [-0.1, -0.05) is 38.2 Å². The van der Waals surface area contributed by atoms with Crippen LogP contribution in [-0.2, 0) is 0 Å². The molecule has 1 rings (SSSR count). The molecule has 0 fully saturated rings. The highest BCUT2D eigenvalue weighted by molar-refractivity contribution is 5.19. The zero-order valence-corrected chi connectivity index (χ0v) is 6.22. The largest absolute Gasteiger partial charge is 0.0958 e. The average Bonchev–Trinajstić information content (AvgIpc) is 1.80. The van der Waals surface area contributed by atoms with Crippen LogP contribution in [0.5, 0.6) is 0 Å². The zero-order valence-electron chi connectivity index (χ0n) is 6.22. The summed E-state index contributed by atoms with van der Waals surface area (Å²) in [6, 6.07) is 0. The third-order valence-corrected chi connectivity index (χ3v) is 2.12. The molecule has 0 aromatic heterocycles. The van der Waals surface area contributed by atoms with Crippen molar-refractivity contribution in [1.29, 1.82) is 0 Å². The Balaban J connectivity index is 2.65. The smallest absolute Gasteiger partial charge is 0.0230 e. The first-order valence-electron chi connectivity index (χ1n) is 3.56. The molecule has 0 heteroatoms. The second-order valence-electron chi connectivity index (χ2n) is 3.06. The fourth-order valence-electron chi connectivity index (χ4n) is 1.15. The second kappa shape index (κ2) is 2.38. The molecule has 0 saturated heterocycles. The Morgan fingerprint density at radius 2 is 2.22 bits per heavy atom. The van der Waals surface area contributed by atoms with Gasteiger partial charge in [0.25, 0.3) is 0 Å². The van der Waals surface area contributed by atoms with Gasteiger partial charge in [0.1, 0.15) is 0 Å². The molecule has 0 amide bonds. The first-order chi connectivity index (χ1) is 4.20. The quantitative estimate of drug-likeness (QED) is 0.463.